The molecule has 0 radical (unpaired) electrons. The topological polar surface area (TPSA) is 85.0 Å². The summed E-state index contributed by atoms with van der Waals surface area (Å²) >= 11 is 0. The molecule has 0 aromatic heterocycles. The summed E-state index contributed by atoms with van der Waals surface area (Å²) in [6.07, 6.45) is 1.84. The van der Waals surface area contributed by atoms with E-state index in [1.165, 1.54) is 14.2 Å². The van der Waals surface area contributed by atoms with E-state index < -0.39 is 0 Å². The average molecular weight is 294 g/mol. The van der Waals surface area contributed by atoms with E-state index in [0.29, 0.717) is 35.8 Å². The summed E-state index contributed by atoms with van der Waals surface area (Å²) in [7, 11) is 3.04. The van der Waals surface area contributed by atoms with Crippen LogP contribution in [0.1, 0.15) is 23.2 Å². The van der Waals surface area contributed by atoms with Crippen LogP contribution in [0.4, 0.5) is 5.69 Å². The number of rotatable bonds is 4. The molecule has 0 spiro atoms. The summed E-state index contributed by atoms with van der Waals surface area (Å²) in [6.45, 7) is 1.34. The van der Waals surface area contributed by atoms with Crippen LogP contribution in [0, 0.1) is 5.92 Å². The van der Waals surface area contributed by atoms with Crippen molar-refractivity contribution in [2.45, 2.75) is 12.8 Å². The number of likely N-dealkylation sites (tertiary alicyclic amines) is 1. The summed E-state index contributed by atoms with van der Waals surface area (Å²) in [5.74, 6) is 0.986. The molecule has 1 amide bonds. The second kappa shape index (κ2) is 6.67. The van der Waals surface area contributed by atoms with Crippen LogP contribution in [0.5, 0.6) is 11.5 Å². The van der Waals surface area contributed by atoms with Gasteiger partial charge in [-0.15, -0.1) is 0 Å². The van der Waals surface area contributed by atoms with Crippen molar-refractivity contribution in [2.24, 2.45) is 5.92 Å². The van der Waals surface area contributed by atoms with Crippen molar-refractivity contribution in [3.8, 4) is 11.5 Å². The monoisotopic (exact) mass is 294 g/mol. The number of methoxy groups -OCH3 is 2. The Bertz CT molecular complexity index is 519. The molecule has 116 valence electrons. The molecule has 6 nitrogen and oxygen atoms in total. The third-order valence-electron chi connectivity index (χ3n) is 3.85. The van der Waals surface area contributed by atoms with Gasteiger partial charge < -0.3 is 25.2 Å². The quantitative estimate of drug-likeness (QED) is 0.813. The molecule has 1 fully saturated rings. The number of ether oxygens (including phenoxy) is 2. The highest BCUT2D eigenvalue weighted by molar-refractivity contribution is 6.00. The Kier molecular flexibility index (Phi) is 4.90. The number of carbonyl (C=O) groups is 1. The number of hydrogen-bond acceptors (Lipinski definition) is 5. The summed E-state index contributed by atoms with van der Waals surface area (Å²) in [5, 5.41) is 9.27. The van der Waals surface area contributed by atoms with Gasteiger partial charge >= 0.3 is 0 Å². The number of aliphatic hydroxyl groups is 1. The third-order valence-corrected chi connectivity index (χ3v) is 3.85. The fourth-order valence-electron chi connectivity index (χ4n) is 2.65. The molecule has 1 aliphatic heterocycles. The van der Waals surface area contributed by atoms with Gasteiger partial charge in [0.15, 0.2) is 11.5 Å². The number of aliphatic hydroxyl groups excluding tert-OH is 1. The van der Waals surface area contributed by atoms with Gasteiger partial charge in [-0.1, -0.05) is 0 Å². The Morgan fingerprint density at radius 3 is 2.67 bits per heavy atom. The summed E-state index contributed by atoms with van der Waals surface area (Å²) in [6, 6.07) is 3.21. The minimum Gasteiger partial charge on any atom is -0.493 e. The van der Waals surface area contributed by atoms with Gasteiger partial charge in [-0.25, -0.2) is 0 Å². The minimum atomic E-state index is -0.133. The van der Waals surface area contributed by atoms with Crippen molar-refractivity contribution in [2.75, 3.05) is 39.6 Å². The van der Waals surface area contributed by atoms with Gasteiger partial charge in [-0.05, 0) is 24.8 Å². The fourth-order valence-corrected chi connectivity index (χ4v) is 2.65. The molecule has 1 saturated heterocycles. The number of carbonyl (C=O) groups excluding carboxylic acids is 1. The zero-order valence-corrected chi connectivity index (χ0v) is 12.5. The molecule has 1 aromatic rings. The Hall–Kier alpha value is -1.95. The third kappa shape index (κ3) is 3.21. The van der Waals surface area contributed by atoms with E-state index in [-0.39, 0.29) is 18.4 Å². The molecule has 1 heterocycles. The maximum absolute atomic E-state index is 12.6. The number of benzene rings is 1. The summed E-state index contributed by atoms with van der Waals surface area (Å²) in [4.78, 5) is 14.4. The van der Waals surface area contributed by atoms with Crippen molar-refractivity contribution in [1.82, 2.24) is 4.90 Å². The Morgan fingerprint density at radius 2 is 2.05 bits per heavy atom. The molecular formula is C15H22N2O4. The first kappa shape index (κ1) is 15.4. The van der Waals surface area contributed by atoms with Gasteiger partial charge in [0.2, 0.25) is 0 Å². The van der Waals surface area contributed by atoms with E-state index in [1.54, 1.807) is 17.0 Å². The number of nitrogens with two attached hydrogens (primary N) is 1. The highest BCUT2D eigenvalue weighted by atomic mass is 16.5. The van der Waals surface area contributed by atoms with Crippen molar-refractivity contribution < 1.29 is 19.4 Å². The summed E-state index contributed by atoms with van der Waals surface area (Å²) in [5.41, 5.74) is 6.74. The Morgan fingerprint density at radius 1 is 1.38 bits per heavy atom. The van der Waals surface area contributed by atoms with Crippen molar-refractivity contribution in [3.63, 3.8) is 0 Å². The first-order valence-electron chi connectivity index (χ1n) is 7.02. The number of amides is 1. The highest BCUT2D eigenvalue weighted by Crippen LogP contribution is 2.33. The number of anilines is 1. The molecule has 2 rings (SSSR count). The van der Waals surface area contributed by atoms with Crippen molar-refractivity contribution in [3.05, 3.63) is 17.7 Å². The average Bonchev–Trinajstić information content (AvgIpc) is 2.53. The number of nitrogen functional groups attached to an aromatic ring is 1. The normalized spacial score (nSPS) is 18.4. The van der Waals surface area contributed by atoms with E-state index in [4.69, 9.17) is 15.2 Å². The maximum atomic E-state index is 12.6. The van der Waals surface area contributed by atoms with E-state index in [1.807, 2.05) is 0 Å². The Balaban J connectivity index is 2.26. The van der Waals surface area contributed by atoms with E-state index in [9.17, 15) is 9.90 Å². The first-order valence-corrected chi connectivity index (χ1v) is 7.02. The smallest absolute Gasteiger partial charge is 0.256 e. The van der Waals surface area contributed by atoms with Gasteiger partial charge in [0.25, 0.3) is 5.91 Å². The predicted molar refractivity (Wildman–Crippen MR) is 79.7 cm³/mol. The van der Waals surface area contributed by atoms with Crippen LogP contribution in [0.25, 0.3) is 0 Å². The molecule has 1 aromatic carbocycles. The maximum Gasteiger partial charge on any atom is 0.256 e. The fraction of sp³-hybridized carbons (Fsp3) is 0.533. The lowest BCUT2D eigenvalue weighted by Crippen LogP contribution is -2.41. The molecule has 21 heavy (non-hydrogen) atoms. The van der Waals surface area contributed by atoms with Gasteiger partial charge in [0, 0.05) is 31.5 Å². The van der Waals surface area contributed by atoms with E-state index in [0.717, 1.165) is 12.8 Å². The molecule has 0 aliphatic carbocycles. The van der Waals surface area contributed by atoms with Crippen LogP contribution in [0.2, 0.25) is 0 Å². The molecule has 1 aliphatic rings. The first-order chi connectivity index (χ1) is 10.1. The predicted octanol–water partition coefficient (Wildman–Crippen LogP) is 1.13. The largest absolute Gasteiger partial charge is 0.493 e. The zero-order valence-electron chi connectivity index (χ0n) is 12.5. The van der Waals surface area contributed by atoms with Gasteiger partial charge in [-0.3, -0.25) is 4.79 Å². The highest BCUT2D eigenvalue weighted by Gasteiger charge is 2.26. The van der Waals surface area contributed by atoms with Gasteiger partial charge in [0.1, 0.15) is 0 Å². The lowest BCUT2D eigenvalue weighted by molar-refractivity contribution is 0.0621. The van der Waals surface area contributed by atoms with Crippen LogP contribution < -0.4 is 15.2 Å². The van der Waals surface area contributed by atoms with Crippen LogP contribution in [-0.4, -0.2) is 49.8 Å². The van der Waals surface area contributed by atoms with Crippen molar-refractivity contribution in [1.29, 1.82) is 0 Å². The van der Waals surface area contributed by atoms with Crippen LogP contribution >= 0.6 is 0 Å². The summed E-state index contributed by atoms with van der Waals surface area (Å²) < 4.78 is 10.4. The van der Waals surface area contributed by atoms with Gasteiger partial charge in [-0.2, -0.15) is 0 Å². The Labute approximate surface area is 124 Å². The second-order valence-corrected chi connectivity index (χ2v) is 5.24. The lowest BCUT2D eigenvalue weighted by Gasteiger charge is -2.32. The molecule has 0 bridgehead atoms. The number of piperidine rings is 1. The van der Waals surface area contributed by atoms with Gasteiger partial charge in [0.05, 0.1) is 19.8 Å². The standard InChI is InChI=1S/C15H22N2O4/c1-20-13-6-11(12(16)7-14(13)21-2)15(19)17-5-3-4-10(8-17)9-18/h6-7,10,18H,3-5,8-9,16H2,1-2H3. The zero-order chi connectivity index (χ0) is 15.4. The molecule has 6 heteroatoms. The molecule has 3 N–H and O–H groups in total. The SMILES string of the molecule is COc1cc(N)c(C(=O)N2CCCC(CO)C2)cc1OC. The number of nitrogens with zero attached hydrogens (tertiary/aromatic N) is 1. The molecular weight excluding hydrogens is 272 g/mol. The molecule has 0 saturated carbocycles. The van der Waals surface area contributed by atoms with Crippen LogP contribution in [-0.2, 0) is 0 Å². The van der Waals surface area contributed by atoms with E-state index >= 15 is 0 Å². The lowest BCUT2D eigenvalue weighted by atomic mass is 9.98. The number of hydrogen-bond donors (Lipinski definition) is 2. The van der Waals surface area contributed by atoms with Crippen LogP contribution in [0.15, 0.2) is 12.1 Å². The molecule has 1 atom stereocenters. The van der Waals surface area contributed by atoms with E-state index in [2.05, 4.69) is 0 Å². The minimum absolute atomic E-state index is 0.102. The van der Waals surface area contributed by atoms with Crippen LogP contribution in [0.3, 0.4) is 0 Å². The molecule has 1 unspecified atom stereocenters. The van der Waals surface area contributed by atoms with Crippen molar-refractivity contribution >= 4 is 11.6 Å². The second-order valence-electron chi connectivity index (χ2n) is 5.24.